The summed E-state index contributed by atoms with van der Waals surface area (Å²) in [6, 6.07) is 7.62. The van der Waals surface area contributed by atoms with Crippen molar-refractivity contribution in [3.8, 4) is 6.07 Å². The minimum absolute atomic E-state index is 0.0427. The standard InChI is InChI=1S/C14H17ClN2O2/c1-3-19-13-7-12(14(13)18-2)17-10-4-5-11(15)9(6-10)8-16/h4-6,12-14,17H,3,7H2,1-2H3. The molecule has 0 radical (unpaired) electrons. The lowest BCUT2D eigenvalue weighted by Crippen LogP contribution is -2.56. The number of anilines is 1. The van der Waals surface area contributed by atoms with E-state index in [1.165, 1.54) is 0 Å². The molecule has 5 heteroatoms. The van der Waals surface area contributed by atoms with Gasteiger partial charge in [-0.1, -0.05) is 11.6 Å². The second-order valence-corrected chi connectivity index (χ2v) is 4.89. The Morgan fingerprint density at radius 2 is 2.32 bits per heavy atom. The van der Waals surface area contributed by atoms with Crippen LogP contribution in [0.15, 0.2) is 18.2 Å². The first-order valence-electron chi connectivity index (χ1n) is 6.30. The van der Waals surface area contributed by atoms with Crippen molar-refractivity contribution in [3.05, 3.63) is 28.8 Å². The van der Waals surface area contributed by atoms with Gasteiger partial charge in [0.25, 0.3) is 0 Å². The van der Waals surface area contributed by atoms with Crippen LogP contribution >= 0.6 is 11.6 Å². The molecule has 4 nitrogen and oxygen atoms in total. The Kier molecular flexibility index (Phi) is 4.65. The van der Waals surface area contributed by atoms with Crippen molar-refractivity contribution >= 4 is 17.3 Å². The van der Waals surface area contributed by atoms with Crippen molar-refractivity contribution in [2.24, 2.45) is 0 Å². The Bertz CT molecular complexity index is 487. The molecule has 0 saturated heterocycles. The fourth-order valence-corrected chi connectivity index (χ4v) is 2.49. The molecule has 1 aliphatic rings. The first kappa shape index (κ1) is 14.1. The van der Waals surface area contributed by atoms with Crippen molar-refractivity contribution in [3.63, 3.8) is 0 Å². The van der Waals surface area contributed by atoms with Crippen LogP contribution in [0.4, 0.5) is 5.69 Å². The number of hydrogen-bond acceptors (Lipinski definition) is 4. The van der Waals surface area contributed by atoms with Gasteiger partial charge in [0.15, 0.2) is 0 Å². The maximum absolute atomic E-state index is 8.95. The lowest BCUT2D eigenvalue weighted by atomic mass is 9.85. The van der Waals surface area contributed by atoms with Gasteiger partial charge in [-0.3, -0.25) is 0 Å². The third-order valence-electron chi connectivity index (χ3n) is 3.34. The number of methoxy groups -OCH3 is 1. The van der Waals surface area contributed by atoms with E-state index in [4.69, 9.17) is 26.3 Å². The van der Waals surface area contributed by atoms with Crippen LogP contribution in [-0.4, -0.2) is 32.0 Å². The van der Waals surface area contributed by atoms with Crippen molar-refractivity contribution < 1.29 is 9.47 Å². The maximum atomic E-state index is 8.95. The van der Waals surface area contributed by atoms with Gasteiger partial charge in [0.2, 0.25) is 0 Å². The van der Waals surface area contributed by atoms with E-state index in [9.17, 15) is 0 Å². The highest BCUT2D eigenvalue weighted by Crippen LogP contribution is 2.30. The molecule has 1 aromatic rings. The molecule has 2 rings (SSSR count). The zero-order valence-corrected chi connectivity index (χ0v) is 11.8. The van der Waals surface area contributed by atoms with Gasteiger partial charge in [0, 0.05) is 19.4 Å². The monoisotopic (exact) mass is 280 g/mol. The number of ether oxygens (including phenoxy) is 2. The largest absolute Gasteiger partial charge is 0.379 e. The maximum Gasteiger partial charge on any atom is 0.103 e. The lowest BCUT2D eigenvalue weighted by molar-refractivity contribution is -0.118. The molecule has 3 atom stereocenters. The molecule has 0 heterocycles. The second-order valence-electron chi connectivity index (χ2n) is 4.49. The van der Waals surface area contributed by atoms with E-state index in [1.807, 2.05) is 13.0 Å². The lowest BCUT2D eigenvalue weighted by Gasteiger charge is -2.43. The molecule has 1 saturated carbocycles. The van der Waals surface area contributed by atoms with Crippen molar-refractivity contribution in [2.45, 2.75) is 31.6 Å². The van der Waals surface area contributed by atoms with Gasteiger partial charge in [0.05, 0.1) is 22.7 Å². The number of hydrogen-bond donors (Lipinski definition) is 1. The Hall–Kier alpha value is -1.28. The van der Waals surface area contributed by atoms with E-state index < -0.39 is 0 Å². The Morgan fingerprint density at radius 1 is 1.53 bits per heavy atom. The number of nitriles is 1. The summed E-state index contributed by atoms with van der Waals surface area (Å²) in [5.41, 5.74) is 1.35. The summed E-state index contributed by atoms with van der Waals surface area (Å²) in [5, 5.41) is 12.8. The minimum Gasteiger partial charge on any atom is -0.379 e. The van der Waals surface area contributed by atoms with Gasteiger partial charge in [-0.05, 0) is 31.5 Å². The van der Waals surface area contributed by atoms with E-state index in [1.54, 1.807) is 19.2 Å². The molecule has 19 heavy (non-hydrogen) atoms. The van der Waals surface area contributed by atoms with Crippen LogP contribution in [0.1, 0.15) is 18.9 Å². The van der Waals surface area contributed by atoms with Crippen LogP contribution in [0.2, 0.25) is 5.02 Å². The Morgan fingerprint density at radius 3 is 2.95 bits per heavy atom. The highest BCUT2D eigenvalue weighted by molar-refractivity contribution is 6.31. The normalized spacial score (nSPS) is 25.5. The average Bonchev–Trinajstić information content (AvgIpc) is 2.39. The number of rotatable bonds is 5. The second kappa shape index (κ2) is 6.25. The Labute approximate surface area is 118 Å². The third kappa shape index (κ3) is 3.01. The van der Waals surface area contributed by atoms with E-state index in [0.717, 1.165) is 12.1 Å². The summed E-state index contributed by atoms with van der Waals surface area (Å²) in [7, 11) is 1.69. The van der Waals surface area contributed by atoms with Crippen LogP contribution in [0.3, 0.4) is 0 Å². The average molecular weight is 281 g/mol. The van der Waals surface area contributed by atoms with Crippen LogP contribution in [0, 0.1) is 11.3 Å². The minimum atomic E-state index is 0.0427. The molecule has 0 aliphatic heterocycles. The molecule has 1 aromatic carbocycles. The summed E-state index contributed by atoms with van der Waals surface area (Å²) in [6.07, 6.45) is 1.09. The molecule has 0 amide bonds. The first-order chi connectivity index (χ1) is 9.19. The molecule has 0 spiro atoms. The van der Waals surface area contributed by atoms with E-state index in [0.29, 0.717) is 17.2 Å². The zero-order valence-electron chi connectivity index (χ0n) is 11.0. The fraction of sp³-hybridized carbons (Fsp3) is 0.500. The molecule has 0 aromatic heterocycles. The van der Waals surface area contributed by atoms with Crippen LogP contribution in [0.5, 0.6) is 0 Å². The SMILES string of the molecule is CCOC1CC(Nc2ccc(Cl)c(C#N)c2)C1OC. The topological polar surface area (TPSA) is 54.3 Å². The Balaban J connectivity index is 2.01. The first-order valence-corrected chi connectivity index (χ1v) is 6.68. The molecular formula is C14H17ClN2O2. The van der Waals surface area contributed by atoms with Crippen LogP contribution < -0.4 is 5.32 Å². The van der Waals surface area contributed by atoms with Gasteiger partial charge < -0.3 is 14.8 Å². The van der Waals surface area contributed by atoms with Gasteiger partial charge in [-0.2, -0.15) is 5.26 Å². The zero-order chi connectivity index (χ0) is 13.8. The smallest absolute Gasteiger partial charge is 0.103 e. The summed E-state index contributed by atoms with van der Waals surface area (Å²) in [5.74, 6) is 0. The predicted molar refractivity (Wildman–Crippen MR) is 74.4 cm³/mol. The summed E-state index contributed by atoms with van der Waals surface area (Å²) < 4.78 is 11.0. The number of halogens is 1. The van der Waals surface area contributed by atoms with Crippen LogP contribution in [-0.2, 0) is 9.47 Å². The molecular weight excluding hydrogens is 264 g/mol. The molecule has 0 bridgehead atoms. The van der Waals surface area contributed by atoms with Gasteiger partial charge in [0.1, 0.15) is 12.2 Å². The van der Waals surface area contributed by atoms with E-state index >= 15 is 0 Å². The number of benzene rings is 1. The van der Waals surface area contributed by atoms with Crippen LogP contribution in [0.25, 0.3) is 0 Å². The molecule has 1 N–H and O–H groups in total. The highest BCUT2D eigenvalue weighted by Gasteiger charge is 2.42. The van der Waals surface area contributed by atoms with Gasteiger partial charge >= 0.3 is 0 Å². The fourth-order valence-electron chi connectivity index (χ4n) is 2.33. The third-order valence-corrected chi connectivity index (χ3v) is 3.67. The summed E-state index contributed by atoms with van der Waals surface area (Å²) in [4.78, 5) is 0. The molecule has 3 unspecified atom stereocenters. The summed E-state index contributed by atoms with van der Waals surface area (Å²) in [6.45, 7) is 2.67. The van der Waals surface area contributed by atoms with Crippen molar-refractivity contribution in [1.82, 2.24) is 0 Å². The quantitative estimate of drug-likeness (QED) is 0.901. The van der Waals surface area contributed by atoms with Gasteiger partial charge in [-0.15, -0.1) is 0 Å². The van der Waals surface area contributed by atoms with Crippen molar-refractivity contribution in [2.75, 3.05) is 19.0 Å². The predicted octanol–water partition coefficient (Wildman–Crippen LogP) is 2.82. The highest BCUT2D eigenvalue weighted by atomic mass is 35.5. The molecule has 1 aliphatic carbocycles. The molecule has 1 fully saturated rings. The number of nitrogens with one attached hydrogen (secondary N) is 1. The van der Waals surface area contributed by atoms with E-state index in [-0.39, 0.29) is 18.2 Å². The molecule has 102 valence electrons. The van der Waals surface area contributed by atoms with Crippen molar-refractivity contribution in [1.29, 1.82) is 5.26 Å². The van der Waals surface area contributed by atoms with Gasteiger partial charge in [-0.25, -0.2) is 0 Å². The number of nitrogens with zero attached hydrogens (tertiary/aromatic N) is 1. The summed E-state index contributed by atoms with van der Waals surface area (Å²) >= 11 is 5.91. The van der Waals surface area contributed by atoms with E-state index in [2.05, 4.69) is 11.4 Å².